The van der Waals surface area contributed by atoms with E-state index in [-0.39, 0.29) is 12.1 Å². The van der Waals surface area contributed by atoms with Crippen molar-refractivity contribution in [2.24, 2.45) is 0 Å². The second-order valence-electron chi connectivity index (χ2n) is 5.35. The molecule has 3 heteroatoms. The van der Waals surface area contributed by atoms with Gasteiger partial charge in [-0.3, -0.25) is 0 Å². The summed E-state index contributed by atoms with van der Waals surface area (Å²) in [5.74, 6) is 0.898. The van der Waals surface area contributed by atoms with E-state index in [1.165, 1.54) is 5.56 Å². The molecule has 1 unspecified atom stereocenters. The third-order valence-electron chi connectivity index (χ3n) is 3.25. The van der Waals surface area contributed by atoms with Crippen LogP contribution in [0.25, 0.3) is 0 Å². The topological polar surface area (TPSA) is 21.3 Å². The molecule has 0 heterocycles. The van der Waals surface area contributed by atoms with Gasteiger partial charge >= 0.3 is 0 Å². The van der Waals surface area contributed by atoms with Crippen LogP contribution in [0, 0.1) is 0 Å². The van der Waals surface area contributed by atoms with Gasteiger partial charge in [0.25, 0.3) is 0 Å². The van der Waals surface area contributed by atoms with E-state index in [1.54, 1.807) is 0 Å². The van der Waals surface area contributed by atoms with Crippen LogP contribution >= 0.6 is 11.6 Å². The first-order chi connectivity index (χ1) is 10.1. The molecule has 0 aromatic heterocycles. The molecule has 0 bridgehead atoms. The molecule has 2 nitrogen and oxygen atoms in total. The van der Waals surface area contributed by atoms with Crippen LogP contribution in [0.1, 0.15) is 38.8 Å². The monoisotopic (exact) mass is 303 g/mol. The van der Waals surface area contributed by atoms with Crippen LogP contribution in [-0.4, -0.2) is 6.10 Å². The first-order valence-corrected chi connectivity index (χ1v) is 7.75. The van der Waals surface area contributed by atoms with Crippen LogP contribution < -0.4 is 10.1 Å². The van der Waals surface area contributed by atoms with E-state index in [9.17, 15) is 0 Å². The first kappa shape index (κ1) is 15.7. The Balaban J connectivity index is 2.06. The molecule has 2 aromatic rings. The maximum absolute atomic E-state index is 5.94. The van der Waals surface area contributed by atoms with Crippen molar-refractivity contribution >= 4 is 17.3 Å². The van der Waals surface area contributed by atoms with E-state index in [0.717, 1.165) is 22.9 Å². The summed E-state index contributed by atoms with van der Waals surface area (Å²) < 4.78 is 5.66. The van der Waals surface area contributed by atoms with Gasteiger partial charge in [0.2, 0.25) is 0 Å². The van der Waals surface area contributed by atoms with Crippen molar-refractivity contribution in [1.29, 1.82) is 0 Å². The van der Waals surface area contributed by atoms with Gasteiger partial charge in [-0.1, -0.05) is 30.7 Å². The molecule has 0 spiro atoms. The molecule has 0 saturated carbocycles. The van der Waals surface area contributed by atoms with Crippen molar-refractivity contribution in [3.05, 3.63) is 59.1 Å². The number of halogens is 1. The molecule has 0 fully saturated rings. The van der Waals surface area contributed by atoms with E-state index in [0.29, 0.717) is 0 Å². The SMILES string of the molecule is CCC(Nc1ccc(OC(C)C)cc1)c1ccc(Cl)cc1. The fourth-order valence-electron chi connectivity index (χ4n) is 2.22. The van der Waals surface area contributed by atoms with Crippen LogP contribution in [0.3, 0.4) is 0 Å². The molecule has 0 amide bonds. The van der Waals surface area contributed by atoms with E-state index < -0.39 is 0 Å². The summed E-state index contributed by atoms with van der Waals surface area (Å²) in [6.07, 6.45) is 1.20. The maximum atomic E-state index is 5.94. The molecule has 0 radical (unpaired) electrons. The Bertz CT molecular complexity index is 548. The molecule has 0 aliphatic carbocycles. The van der Waals surface area contributed by atoms with Gasteiger partial charge in [0.1, 0.15) is 5.75 Å². The predicted molar refractivity (Wildman–Crippen MR) is 90.3 cm³/mol. The highest BCUT2D eigenvalue weighted by Gasteiger charge is 2.09. The van der Waals surface area contributed by atoms with Gasteiger partial charge in [0.05, 0.1) is 12.1 Å². The van der Waals surface area contributed by atoms with Crippen LogP contribution in [0.5, 0.6) is 5.75 Å². The minimum Gasteiger partial charge on any atom is -0.491 e. The Labute approximate surface area is 132 Å². The average molecular weight is 304 g/mol. The second-order valence-corrected chi connectivity index (χ2v) is 5.78. The normalized spacial score (nSPS) is 12.2. The second kappa shape index (κ2) is 7.37. The molecule has 0 saturated heterocycles. The molecule has 2 rings (SSSR count). The number of ether oxygens (including phenoxy) is 1. The van der Waals surface area contributed by atoms with Gasteiger partial charge < -0.3 is 10.1 Å². The van der Waals surface area contributed by atoms with Crippen molar-refractivity contribution in [3.63, 3.8) is 0 Å². The number of nitrogens with one attached hydrogen (secondary N) is 1. The van der Waals surface area contributed by atoms with Crippen LogP contribution in [-0.2, 0) is 0 Å². The minimum atomic E-state index is 0.196. The predicted octanol–water partition coefficient (Wildman–Crippen LogP) is 5.69. The van der Waals surface area contributed by atoms with Gasteiger partial charge in [-0.15, -0.1) is 0 Å². The fraction of sp³-hybridized carbons (Fsp3) is 0.333. The molecule has 0 aliphatic rings. The van der Waals surface area contributed by atoms with Gasteiger partial charge in [0, 0.05) is 10.7 Å². The van der Waals surface area contributed by atoms with Crippen molar-refractivity contribution < 1.29 is 4.74 Å². The molecular weight excluding hydrogens is 282 g/mol. The van der Waals surface area contributed by atoms with Crippen LogP contribution in [0.4, 0.5) is 5.69 Å². The quantitative estimate of drug-likeness (QED) is 0.740. The first-order valence-electron chi connectivity index (χ1n) is 7.37. The highest BCUT2D eigenvalue weighted by molar-refractivity contribution is 6.30. The number of rotatable bonds is 6. The van der Waals surface area contributed by atoms with Crippen molar-refractivity contribution in [2.45, 2.75) is 39.3 Å². The average Bonchev–Trinajstić information content (AvgIpc) is 2.47. The summed E-state index contributed by atoms with van der Waals surface area (Å²) in [5, 5.41) is 4.31. The van der Waals surface area contributed by atoms with Gasteiger partial charge in [-0.2, -0.15) is 0 Å². The minimum absolute atomic E-state index is 0.196. The van der Waals surface area contributed by atoms with E-state index in [2.05, 4.69) is 36.5 Å². The van der Waals surface area contributed by atoms with Crippen LogP contribution in [0.15, 0.2) is 48.5 Å². The van der Waals surface area contributed by atoms with Crippen LogP contribution in [0.2, 0.25) is 5.02 Å². The summed E-state index contributed by atoms with van der Waals surface area (Å²) in [4.78, 5) is 0. The van der Waals surface area contributed by atoms with Crippen molar-refractivity contribution in [2.75, 3.05) is 5.32 Å². The van der Waals surface area contributed by atoms with Gasteiger partial charge in [-0.05, 0) is 62.2 Å². The summed E-state index contributed by atoms with van der Waals surface area (Å²) in [6, 6.07) is 16.4. The smallest absolute Gasteiger partial charge is 0.119 e. The van der Waals surface area contributed by atoms with Crippen molar-refractivity contribution in [1.82, 2.24) is 0 Å². The summed E-state index contributed by atoms with van der Waals surface area (Å²) in [7, 11) is 0. The zero-order valence-electron chi connectivity index (χ0n) is 12.8. The lowest BCUT2D eigenvalue weighted by molar-refractivity contribution is 0.242. The number of benzene rings is 2. The van der Waals surface area contributed by atoms with E-state index in [4.69, 9.17) is 16.3 Å². The van der Waals surface area contributed by atoms with Crippen molar-refractivity contribution in [3.8, 4) is 5.75 Å². The molecule has 2 aromatic carbocycles. The molecular formula is C18H22ClNO. The molecule has 1 atom stereocenters. The summed E-state index contributed by atoms with van der Waals surface area (Å²) >= 11 is 5.94. The Morgan fingerprint density at radius 2 is 1.62 bits per heavy atom. The summed E-state index contributed by atoms with van der Waals surface area (Å²) in [6.45, 7) is 6.22. The lowest BCUT2D eigenvalue weighted by Crippen LogP contribution is -2.10. The maximum Gasteiger partial charge on any atom is 0.119 e. The standard InChI is InChI=1S/C18H22ClNO/c1-4-18(14-5-7-15(19)8-6-14)20-16-9-11-17(12-10-16)21-13(2)3/h5-13,18,20H,4H2,1-3H3. The van der Waals surface area contributed by atoms with E-state index in [1.807, 2.05) is 38.1 Å². The largest absolute Gasteiger partial charge is 0.491 e. The zero-order chi connectivity index (χ0) is 15.2. The molecule has 0 aliphatic heterocycles. The molecule has 112 valence electrons. The number of anilines is 1. The number of hydrogen-bond acceptors (Lipinski definition) is 2. The molecule has 21 heavy (non-hydrogen) atoms. The van der Waals surface area contributed by atoms with Gasteiger partial charge in [0.15, 0.2) is 0 Å². The fourth-order valence-corrected chi connectivity index (χ4v) is 2.35. The lowest BCUT2D eigenvalue weighted by Gasteiger charge is -2.19. The highest BCUT2D eigenvalue weighted by Crippen LogP contribution is 2.25. The highest BCUT2D eigenvalue weighted by atomic mass is 35.5. The molecule has 1 N–H and O–H groups in total. The summed E-state index contributed by atoms with van der Waals surface area (Å²) in [5.41, 5.74) is 2.33. The van der Waals surface area contributed by atoms with E-state index >= 15 is 0 Å². The zero-order valence-corrected chi connectivity index (χ0v) is 13.5. The Morgan fingerprint density at radius 1 is 1.00 bits per heavy atom. The Morgan fingerprint density at radius 3 is 2.14 bits per heavy atom. The lowest BCUT2D eigenvalue weighted by atomic mass is 10.0. The number of hydrogen-bond donors (Lipinski definition) is 1. The third-order valence-corrected chi connectivity index (χ3v) is 3.50. The Kier molecular flexibility index (Phi) is 5.51. The van der Waals surface area contributed by atoms with Gasteiger partial charge in [-0.25, -0.2) is 0 Å². The Hall–Kier alpha value is -1.67. The third kappa shape index (κ3) is 4.68.